The van der Waals surface area contributed by atoms with Crippen LogP contribution in [0.15, 0.2) is 48.7 Å². The number of carbonyl (C=O) groups is 2. The molecule has 1 N–H and O–H groups in total. The van der Waals surface area contributed by atoms with Crippen molar-refractivity contribution in [3.05, 3.63) is 64.9 Å². The van der Waals surface area contributed by atoms with Crippen molar-refractivity contribution in [2.45, 2.75) is 25.0 Å². The van der Waals surface area contributed by atoms with E-state index in [0.717, 1.165) is 5.56 Å². The van der Waals surface area contributed by atoms with Gasteiger partial charge in [0, 0.05) is 38.7 Å². The Bertz CT molecular complexity index is 833. The summed E-state index contributed by atoms with van der Waals surface area (Å²) in [4.78, 5) is 32.9. The van der Waals surface area contributed by atoms with Crippen molar-refractivity contribution in [1.82, 2.24) is 20.1 Å². The number of likely N-dealkylation sites (tertiary alicyclic amines) is 1. The van der Waals surface area contributed by atoms with E-state index in [1.807, 2.05) is 40.1 Å². The SMILES string of the molecule is O=C(c1ccc(Cl)nc1)N1CCC2(CC1)NCC(=O)N2Cc1ccccc1. The first-order valence-corrected chi connectivity index (χ1v) is 9.45. The fourth-order valence-electron chi connectivity index (χ4n) is 3.89. The van der Waals surface area contributed by atoms with Crippen molar-refractivity contribution < 1.29 is 9.59 Å². The third kappa shape index (κ3) is 3.55. The van der Waals surface area contributed by atoms with E-state index < -0.39 is 0 Å². The van der Waals surface area contributed by atoms with Crippen molar-refractivity contribution in [2.24, 2.45) is 0 Å². The fraction of sp³-hybridized carbons (Fsp3) is 0.350. The first-order valence-electron chi connectivity index (χ1n) is 9.08. The molecule has 2 aliphatic heterocycles. The smallest absolute Gasteiger partial charge is 0.255 e. The molecule has 1 spiro atoms. The summed E-state index contributed by atoms with van der Waals surface area (Å²) in [7, 11) is 0. The summed E-state index contributed by atoms with van der Waals surface area (Å²) in [5, 5.41) is 3.78. The lowest BCUT2D eigenvalue weighted by molar-refractivity contribution is -0.132. The number of amides is 2. The zero-order valence-electron chi connectivity index (χ0n) is 14.9. The molecular weight excluding hydrogens is 364 g/mol. The molecule has 2 aromatic rings. The molecule has 140 valence electrons. The Morgan fingerprint density at radius 2 is 1.89 bits per heavy atom. The van der Waals surface area contributed by atoms with E-state index in [-0.39, 0.29) is 17.5 Å². The van der Waals surface area contributed by atoms with Gasteiger partial charge in [-0.05, 0) is 17.7 Å². The summed E-state index contributed by atoms with van der Waals surface area (Å²) in [6, 6.07) is 13.3. The fourth-order valence-corrected chi connectivity index (χ4v) is 4.00. The molecule has 0 bridgehead atoms. The molecule has 1 aromatic heterocycles. The Kier molecular flexibility index (Phi) is 4.85. The van der Waals surface area contributed by atoms with Crippen LogP contribution < -0.4 is 5.32 Å². The van der Waals surface area contributed by atoms with Gasteiger partial charge in [0.2, 0.25) is 5.91 Å². The maximum Gasteiger partial charge on any atom is 0.255 e. The van der Waals surface area contributed by atoms with Crippen molar-refractivity contribution in [1.29, 1.82) is 0 Å². The number of carbonyl (C=O) groups excluding carboxylic acids is 2. The zero-order valence-corrected chi connectivity index (χ0v) is 15.7. The number of halogens is 1. The highest BCUT2D eigenvalue weighted by molar-refractivity contribution is 6.29. The van der Waals surface area contributed by atoms with Crippen molar-refractivity contribution >= 4 is 23.4 Å². The molecular formula is C20H21ClN4O2. The van der Waals surface area contributed by atoms with E-state index in [0.29, 0.717) is 49.7 Å². The minimum atomic E-state index is -0.373. The lowest BCUT2D eigenvalue weighted by Gasteiger charge is -2.44. The highest BCUT2D eigenvalue weighted by Crippen LogP contribution is 2.32. The van der Waals surface area contributed by atoms with Crippen molar-refractivity contribution in [3.63, 3.8) is 0 Å². The van der Waals surface area contributed by atoms with Gasteiger partial charge in [-0.1, -0.05) is 41.9 Å². The monoisotopic (exact) mass is 384 g/mol. The van der Waals surface area contributed by atoms with Crippen LogP contribution in [-0.2, 0) is 11.3 Å². The van der Waals surface area contributed by atoms with Gasteiger partial charge in [-0.2, -0.15) is 0 Å². The summed E-state index contributed by atoms with van der Waals surface area (Å²) >= 11 is 5.80. The Balaban J connectivity index is 1.45. The van der Waals surface area contributed by atoms with Crippen LogP contribution in [0.2, 0.25) is 5.15 Å². The topological polar surface area (TPSA) is 65.5 Å². The number of nitrogens with zero attached hydrogens (tertiary/aromatic N) is 3. The molecule has 2 amide bonds. The highest BCUT2D eigenvalue weighted by Gasteiger charge is 2.47. The molecule has 7 heteroatoms. The first kappa shape index (κ1) is 17.9. The lowest BCUT2D eigenvalue weighted by Crippen LogP contribution is -2.58. The summed E-state index contributed by atoms with van der Waals surface area (Å²) in [6.45, 7) is 2.11. The van der Waals surface area contributed by atoms with Gasteiger partial charge < -0.3 is 9.80 Å². The van der Waals surface area contributed by atoms with Gasteiger partial charge in [0.15, 0.2) is 0 Å². The number of pyridine rings is 1. The summed E-state index contributed by atoms with van der Waals surface area (Å²) < 4.78 is 0. The van der Waals surface area contributed by atoms with Crippen molar-refractivity contribution in [3.8, 4) is 0 Å². The van der Waals surface area contributed by atoms with Gasteiger partial charge in [0.05, 0.1) is 17.8 Å². The van der Waals surface area contributed by atoms with E-state index in [2.05, 4.69) is 10.3 Å². The molecule has 2 saturated heterocycles. The number of aromatic nitrogens is 1. The number of rotatable bonds is 3. The molecule has 0 unspecified atom stereocenters. The van der Waals surface area contributed by atoms with Crippen LogP contribution in [0.4, 0.5) is 0 Å². The van der Waals surface area contributed by atoms with Crippen molar-refractivity contribution in [2.75, 3.05) is 19.6 Å². The molecule has 0 atom stereocenters. The molecule has 2 fully saturated rings. The average molecular weight is 385 g/mol. The predicted octanol–water partition coefficient (Wildman–Crippen LogP) is 2.30. The standard InChI is InChI=1S/C20H21ClN4O2/c21-17-7-6-16(12-22-17)19(27)24-10-8-20(9-11-24)23-13-18(26)25(20)14-15-4-2-1-3-5-15/h1-7,12,23H,8-11,13-14H2. The maximum absolute atomic E-state index is 12.7. The van der Waals surface area contributed by atoms with Gasteiger partial charge >= 0.3 is 0 Å². The number of piperidine rings is 1. The van der Waals surface area contributed by atoms with Gasteiger partial charge in [-0.15, -0.1) is 0 Å². The van der Waals surface area contributed by atoms with E-state index in [4.69, 9.17) is 11.6 Å². The number of nitrogens with one attached hydrogen (secondary N) is 1. The molecule has 0 saturated carbocycles. The Labute approximate surface area is 163 Å². The minimum Gasteiger partial charge on any atom is -0.338 e. The van der Waals surface area contributed by atoms with E-state index in [1.165, 1.54) is 6.20 Å². The van der Waals surface area contributed by atoms with Gasteiger partial charge in [0.1, 0.15) is 5.15 Å². The van der Waals surface area contributed by atoms with Gasteiger partial charge in [-0.25, -0.2) is 4.98 Å². The van der Waals surface area contributed by atoms with E-state index in [9.17, 15) is 9.59 Å². The van der Waals surface area contributed by atoms with Crippen LogP contribution in [-0.4, -0.2) is 51.9 Å². The molecule has 3 heterocycles. The zero-order chi connectivity index (χ0) is 18.9. The first-order chi connectivity index (χ1) is 13.1. The van der Waals surface area contributed by atoms with Crippen LogP contribution >= 0.6 is 11.6 Å². The van der Waals surface area contributed by atoms with E-state index in [1.54, 1.807) is 12.1 Å². The van der Waals surface area contributed by atoms with Crippen LogP contribution in [0.1, 0.15) is 28.8 Å². The molecule has 2 aliphatic rings. The Hall–Kier alpha value is -2.44. The quantitative estimate of drug-likeness (QED) is 0.825. The second kappa shape index (κ2) is 7.29. The Morgan fingerprint density at radius 1 is 1.15 bits per heavy atom. The van der Waals surface area contributed by atoms with Crippen LogP contribution in [0.3, 0.4) is 0 Å². The third-order valence-corrected chi connectivity index (χ3v) is 5.65. The van der Waals surface area contributed by atoms with Crippen LogP contribution in [0.5, 0.6) is 0 Å². The number of hydrogen-bond donors (Lipinski definition) is 1. The molecule has 27 heavy (non-hydrogen) atoms. The van der Waals surface area contributed by atoms with Gasteiger partial charge in [-0.3, -0.25) is 14.9 Å². The summed E-state index contributed by atoms with van der Waals surface area (Å²) in [5.41, 5.74) is 1.27. The van der Waals surface area contributed by atoms with Crippen LogP contribution in [0, 0.1) is 0 Å². The second-order valence-corrected chi connectivity index (χ2v) is 7.40. The summed E-state index contributed by atoms with van der Waals surface area (Å²) in [6.07, 6.45) is 2.92. The van der Waals surface area contributed by atoms with Gasteiger partial charge in [0.25, 0.3) is 5.91 Å². The Morgan fingerprint density at radius 3 is 2.56 bits per heavy atom. The molecule has 6 nitrogen and oxygen atoms in total. The normalized spacial score (nSPS) is 18.9. The second-order valence-electron chi connectivity index (χ2n) is 7.01. The highest BCUT2D eigenvalue weighted by atomic mass is 35.5. The maximum atomic E-state index is 12.7. The molecule has 4 rings (SSSR count). The molecule has 0 radical (unpaired) electrons. The lowest BCUT2D eigenvalue weighted by atomic mass is 9.95. The number of benzene rings is 1. The van der Waals surface area contributed by atoms with Crippen LogP contribution in [0.25, 0.3) is 0 Å². The molecule has 0 aliphatic carbocycles. The van der Waals surface area contributed by atoms with E-state index >= 15 is 0 Å². The largest absolute Gasteiger partial charge is 0.338 e. The number of hydrogen-bond acceptors (Lipinski definition) is 4. The third-order valence-electron chi connectivity index (χ3n) is 5.42. The predicted molar refractivity (Wildman–Crippen MR) is 102 cm³/mol. The molecule has 1 aromatic carbocycles. The summed E-state index contributed by atoms with van der Waals surface area (Å²) in [5.74, 6) is 0.0634. The average Bonchev–Trinajstić information content (AvgIpc) is 2.99. The minimum absolute atomic E-state index is 0.0482.